The summed E-state index contributed by atoms with van der Waals surface area (Å²) in [6, 6.07) is 8.04. The maximum absolute atomic E-state index is 8.80. The number of hydrogen-bond acceptors (Lipinski definition) is 6. The highest BCUT2D eigenvalue weighted by atomic mass is 32.1. The van der Waals surface area contributed by atoms with Crippen molar-refractivity contribution < 1.29 is 0 Å². The van der Waals surface area contributed by atoms with Gasteiger partial charge in [0.05, 0.1) is 11.4 Å². The summed E-state index contributed by atoms with van der Waals surface area (Å²) < 4.78 is 0. The number of rotatable bonds is 6. The number of allylic oxidation sites excluding steroid dienone is 2. The fourth-order valence-electron chi connectivity index (χ4n) is 3.96. The van der Waals surface area contributed by atoms with Crippen LogP contribution in [0.3, 0.4) is 0 Å². The fraction of sp³-hybridized carbons (Fsp3) is 0.292. The number of piperidine rings is 1. The minimum Gasteiger partial charge on any atom is -0.397 e. The molecule has 160 valence electrons. The molecule has 5 N–H and O–H groups in total. The lowest BCUT2D eigenvalue weighted by Gasteiger charge is -2.22. The number of thiophene rings is 1. The molecule has 1 fully saturated rings. The summed E-state index contributed by atoms with van der Waals surface area (Å²) in [6.45, 7) is 9.90. The van der Waals surface area contributed by atoms with Gasteiger partial charge in [0.25, 0.3) is 0 Å². The molecule has 1 saturated heterocycles. The van der Waals surface area contributed by atoms with E-state index in [0.29, 0.717) is 23.1 Å². The predicted molar refractivity (Wildman–Crippen MR) is 129 cm³/mol. The van der Waals surface area contributed by atoms with Crippen LogP contribution in [-0.4, -0.2) is 33.8 Å². The van der Waals surface area contributed by atoms with Crippen LogP contribution >= 0.6 is 11.3 Å². The molecular weight excluding hydrogens is 404 g/mol. The van der Waals surface area contributed by atoms with Gasteiger partial charge >= 0.3 is 0 Å². The maximum Gasteiger partial charge on any atom is 0.158 e. The van der Waals surface area contributed by atoms with Gasteiger partial charge < -0.3 is 16.0 Å². The molecule has 0 saturated carbocycles. The Morgan fingerprint density at radius 2 is 1.94 bits per heavy atom. The molecule has 0 radical (unpaired) electrons. The molecule has 4 heterocycles. The van der Waals surface area contributed by atoms with E-state index in [-0.39, 0.29) is 5.71 Å². The van der Waals surface area contributed by atoms with Crippen molar-refractivity contribution in [3.8, 4) is 0 Å². The van der Waals surface area contributed by atoms with E-state index in [4.69, 9.17) is 21.1 Å². The molecule has 3 aromatic heterocycles. The Morgan fingerprint density at radius 1 is 1.16 bits per heavy atom. The molecule has 0 atom stereocenters. The van der Waals surface area contributed by atoms with E-state index >= 15 is 0 Å². The van der Waals surface area contributed by atoms with E-state index in [1.807, 2.05) is 25.1 Å². The number of imidazole rings is 1. The lowest BCUT2D eigenvalue weighted by Crippen LogP contribution is -2.27. The highest BCUT2D eigenvalue weighted by Gasteiger charge is 2.22. The number of aryl methyl sites for hydroxylation is 2. The largest absolute Gasteiger partial charge is 0.397 e. The van der Waals surface area contributed by atoms with Crippen LogP contribution in [0.5, 0.6) is 0 Å². The highest BCUT2D eigenvalue weighted by Crippen LogP contribution is 2.31. The van der Waals surface area contributed by atoms with Crippen LogP contribution in [0.4, 0.5) is 5.69 Å². The van der Waals surface area contributed by atoms with Crippen molar-refractivity contribution >= 4 is 28.3 Å². The van der Waals surface area contributed by atoms with Gasteiger partial charge in [0.2, 0.25) is 0 Å². The van der Waals surface area contributed by atoms with E-state index < -0.39 is 0 Å². The third-order valence-corrected chi connectivity index (χ3v) is 6.64. The summed E-state index contributed by atoms with van der Waals surface area (Å²) >= 11 is 1.71. The summed E-state index contributed by atoms with van der Waals surface area (Å²) in [4.78, 5) is 15.2. The summed E-state index contributed by atoms with van der Waals surface area (Å²) in [5, 5.41) is 12.2. The van der Waals surface area contributed by atoms with E-state index in [1.165, 1.54) is 4.88 Å². The van der Waals surface area contributed by atoms with Gasteiger partial charge in [-0.15, -0.1) is 11.3 Å². The van der Waals surface area contributed by atoms with Crippen LogP contribution in [0.1, 0.15) is 57.1 Å². The van der Waals surface area contributed by atoms with Crippen LogP contribution < -0.4 is 11.1 Å². The third-order valence-electron chi connectivity index (χ3n) is 5.61. The lowest BCUT2D eigenvalue weighted by molar-refractivity contribution is 0.453. The molecule has 31 heavy (non-hydrogen) atoms. The smallest absolute Gasteiger partial charge is 0.158 e. The molecule has 1 aliphatic rings. The van der Waals surface area contributed by atoms with Gasteiger partial charge in [0.1, 0.15) is 11.4 Å². The molecule has 7 heteroatoms. The van der Waals surface area contributed by atoms with Crippen molar-refractivity contribution in [1.82, 2.24) is 20.3 Å². The number of nitrogen functional groups attached to an aromatic ring is 1. The molecule has 6 nitrogen and oxygen atoms in total. The molecule has 3 aromatic rings. The number of hydrogen-bond donors (Lipinski definition) is 4. The standard InChI is InChI=1S/C24H28N6S/c1-4-5-17(20-9-6-14(2)31-20)22-15(3)28-24(30-22)21(26)23-18(25)7-8-19(29-23)16-10-12-27-13-11-16/h4-9,16,26-27H,1,10-13,25H2,2-3H3,(H,28,30)/b17-5-,26-21?. The summed E-state index contributed by atoms with van der Waals surface area (Å²) in [5.41, 5.74) is 11.1. The van der Waals surface area contributed by atoms with E-state index in [1.54, 1.807) is 17.4 Å². The number of anilines is 1. The van der Waals surface area contributed by atoms with Crippen molar-refractivity contribution in [2.24, 2.45) is 0 Å². The normalized spacial score (nSPS) is 15.2. The van der Waals surface area contributed by atoms with Crippen LogP contribution in [0, 0.1) is 19.3 Å². The van der Waals surface area contributed by atoms with Crippen LogP contribution in [0.15, 0.2) is 43.0 Å². The van der Waals surface area contributed by atoms with Gasteiger partial charge in [-0.1, -0.05) is 18.7 Å². The van der Waals surface area contributed by atoms with Crippen molar-refractivity contribution in [3.63, 3.8) is 0 Å². The summed E-state index contributed by atoms with van der Waals surface area (Å²) in [5.74, 6) is 0.865. The van der Waals surface area contributed by atoms with Gasteiger partial charge in [-0.2, -0.15) is 0 Å². The second-order valence-corrected chi connectivity index (χ2v) is 9.15. The highest BCUT2D eigenvalue weighted by molar-refractivity contribution is 7.13. The molecule has 0 spiro atoms. The van der Waals surface area contributed by atoms with Crippen molar-refractivity contribution in [2.75, 3.05) is 18.8 Å². The summed E-state index contributed by atoms with van der Waals surface area (Å²) in [7, 11) is 0. The van der Waals surface area contributed by atoms with Gasteiger partial charge in [-0.05, 0) is 64.0 Å². The van der Waals surface area contributed by atoms with Crippen LogP contribution in [0.2, 0.25) is 0 Å². The lowest BCUT2D eigenvalue weighted by atomic mass is 9.93. The Hall–Kier alpha value is -3.03. The van der Waals surface area contributed by atoms with Gasteiger partial charge in [0, 0.05) is 32.6 Å². The average molecular weight is 433 g/mol. The number of nitrogens with zero attached hydrogens (tertiary/aromatic N) is 2. The molecule has 0 unspecified atom stereocenters. The SMILES string of the molecule is C=C/C=C(/c1ccc(C)s1)c1nc(C(=N)c2nc(C3CCNCC3)ccc2N)[nH]c1C. The molecule has 0 aromatic carbocycles. The molecule has 0 aliphatic carbocycles. The van der Waals surface area contributed by atoms with Crippen LogP contribution in [-0.2, 0) is 0 Å². The predicted octanol–water partition coefficient (Wildman–Crippen LogP) is 4.57. The quantitative estimate of drug-likeness (QED) is 0.338. The first-order valence-electron chi connectivity index (χ1n) is 10.5. The van der Waals surface area contributed by atoms with Gasteiger partial charge in [-0.25, -0.2) is 9.97 Å². The molecule has 4 rings (SSSR count). The van der Waals surface area contributed by atoms with Crippen LogP contribution in [0.25, 0.3) is 5.57 Å². The number of H-pyrrole nitrogens is 1. The fourth-order valence-corrected chi connectivity index (χ4v) is 4.85. The zero-order valence-corrected chi connectivity index (χ0v) is 18.8. The first-order valence-corrected chi connectivity index (χ1v) is 11.3. The number of pyridine rings is 1. The number of aromatic amines is 1. The topological polar surface area (TPSA) is 103 Å². The minimum atomic E-state index is 0.211. The first-order chi connectivity index (χ1) is 15.0. The second-order valence-electron chi connectivity index (χ2n) is 7.86. The summed E-state index contributed by atoms with van der Waals surface area (Å²) in [6.07, 6.45) is 5.82. The molecular formula is C24H28N6S. The first kappa shape index (κ1) is 21.2. The Morgan fingerprint density at radius 3 is 2.61 bits per heavy atom. The third kappa shape index (κ3) is 4.38. The monoisotopic (exact) mass is 432 g/mol. The van der Waals surface area contributed by atoms with E-state index in [9.17, 15) is 0 Å². The van der Waals surface area contributed by atoms with Crippen molar-refractivity contribution in [2.45, 2.75) is 32.6 Å². The van der Waals surface area contributed by atoms with Crippen molar-refractivity contribution in [3.05, 3.63) is 81.4 Å². The molecule has 1 aliphatic heterocycles. The average Bonchev–Trinajstić information content (AvgIpc) is 3.38. The molecule has 0 bridgehead atoms. The second kappa shape index (κ2) is 8.99. The Bertz CT molecular complexity index is 1150. The number of nitrogens with two attached hydrogens (primary N) is 1. The molecule has 0 amide bonds. The Labute approximate surface area is 186 Å². The van der Waals surface area contributed by atoms with Crippen molar-refractivity contribution in [1.29, 1.82) is 5.41 Å². The van der Waals surface area contributed by atoms with Gasteiger partial charge in [-0.3, -0.25) is 5.41 Å². The number of aromatic nitrogens is 3. The van der Waals surface area contributed by atoms with E-state index in [2.05, 4.69) is 35.9 Å². The zero-order chi connectivity index (χ0) is 22.0. The number of nitrogens with one attached hydrogen (secondary N) is 3. The maximum atomic E-state index is 8.80. The minimum absolute atomic E-state index is 0.211. The van der Waals surface area contributed by atoms with Gasteiger partial charge in [0.15, 0.2) is 5.82 Å². The van der Waals surface area contributed by atoms with E-state index in [0.717, 1.165) is 53.5 Å². The Kier molecular flexibility index (Phi) is 6.15. The zero-order valence-electron chi connectivity index (χ0n) is 18.0. The Balaban J connectivity index is 1.69.